The first kappa shape index (κ1) is 36.9. The maximum atomic E-state index is 15.3. The summed E-state index contributed by atoms with van der Waals surface area (Å²) in [6.45, 7) is 10.1. The highest BCUT2D eigenvalue weighted by Crippen LogP contribution is 2.81. The summed E-state index contributed by atoms with van der Waals surface area (Å²) in [4.78, 5) is 15.3. The topological polar surface area (TPSA) is 198 Å². The van der Waals surface area contributed by atoms with Gasteiger partial charge in [0.1, 0.15) is 6.10 Å². The molecule has 17 unspecified atom stereocenters. The van der Waals surface area contributed by atoms with Gasteiger partial charge < -0.3 is 51.7 Å². The van der Waals surface area contributed by atoms with Crippen molar-refractivity contribution >= 4 is 5.78 Å². The number of fused-ring (bicyclic) bond motifs is 3. The van der Waals surface area contributed by atoms with Crippen molar-refractivity contribution in [1.29, 1.82) is 0 Å². The van der Waals surface area contributed by atoms with Crippen LogP contribution in [0.1, 0.15) is 86.0 Å². The quantitative estimate of drug-likeness (QED) is 0.174. The highest BCUT2D eigenvalue weighted by molar-refractivity contribution is 6.00. The Morgan fingerprint density at radius 3 is 2.54 bits per heavy atom. The van der Waals surface area contributed by atoms with Gasteiger partial charge in [0.2, 0.25) is 0 Å². The van der Waals surface area contributed by atoms with E-state index in [2.05, 4.69) is 35.8 Å². The van der Waals surface area contributed by atoms with Crippen LogP contribution in [0.25, 0.3) is 0 Å². The average Bonchev–Trinajstić information content (AvgIpc) is 3.46. The van der Waals surface area contributed by atoms with E-state index in [1.54, 1.807) is 13.8 Å². The summed E-state index contributed by atoms with van der Waals surface area (Å²) in [5, 5.41) is 78.2. The number of hydrogen-bond donors (Lipinski definition) is 9. The van der Waals surface area contributed by atoms with Crippen LogP contribution in [0.15, 0.2) is 47.3 Å². The first-order valence-corrected chi connectivity index (χ1v) is 19.8. The third kappa shape index (κ3) is 4.63. The number of carbonyl (C=O) groups excluding carboxylic acids is 1. The molecule has 288 valence electrons. The van der Waals surface area contributed by atoms with Crippen LogP contribution in [-0.4, -0.2) is 97.5 Å². The van der Waals surface area contributed by atoms with Gasteiger partial charge in [-0.1, -0.05) is 39.0 Å². The molecule has 9 aliphatic rings. The van der Waals surface area contributed by atoms with Crippen molar-refractivity contribution in [3.8, 4) is 0 Å². The van der Waals surface area contributed by atoms with E-state index >= 15 is 4.79 Å². The number of Topliss-reactive ketones (excluding diaryl/α,β-unsaturated/α-hetero) is 1. The summed E-state index contributed by atoms with van der Waals surface area (Å²) >= 11 is 0. The van der Waals surface area contributed by atoms with Crippen molar-refractivity contribution in [2.45, 2.75) is 134 Å². The van der Waals surface area contributed by atoms with Gasteiger partial charge in [-0.15, -0.1) is 0 Å². The zero-order valence-electron chi connectivity index (χ0n) is 31.4. The molecule has 17 atom stereocenters. The zero-order chi connectivity index (χ0) is 37.4. The number of nitrogens with one attached hydrogen (secondary N) is 2. The zero-order valence-corrected chi connectivity index (χ0v) is 31.4. The van der Waals surface area contributed by atoms with E-state index in [1.807, 2.05) is 26.1 Å². The van der Waals surface area contributed by atoms with Crippen LogP contribution in [0, 0.1) is 51.2 Å². The fraction of sp³-hybridized carbons (Fsp3) is 0.780. The van der Waals surface area contributed by atoms with Crippen LogP contribution in [0.2, 0.25) is 0 Å². The third-order valence-corrected chi connectivity index (χ3v) is 16.4. The summed E-state index contributed by atoms with van der Waals surface area (Å²) < 4.78 is 6.08. The minimum atomic E-state index is -1.62. The van der Waals surface area contributed by atoms with Gasteiger partial charge in [-0.05, 0) is 112 Å². The SMILES string of the molecule is CC(O)CNC1=C2C3(O)CCC(C(C)(O)C(O)C4OCC(C)C4C)C3(C)CC3C=CC4(C5=CNC(N)C=C5)CCC23C2(CC(O)C(O)CC2C1=O)C4. The van der Waals surface area contributed by atoms with Crippen molar-refractivity contribution in [1.82, 2.24) is 10.6 Å². The largest absolute Gasteiger partial charge is 0.392 e. The van der Waals surface area contributed by atoms with Gasteiger partial charge in [0.15, 0.2) is 5.78 Å². The number of nitrogens with two attached hydrogens (primary N) is 1. The van der Waals surface area contributed by atoms with Gasteiger partial charge in [0, 0.05) is 41.5 Å². The molecule has 9 rings (SSSR count). The maximum absolute atomic E-state index is 15.3. The maximum Gasteiger partial charge on any atom is 0.182 e. The van der Waals surface area contributed by atoms with Gasteiger partial charge in [-0.25, -0.2) is 0 Å². The number of allylic oxidation sites excluding steroid dienone is 5. The normalized spacial score (nSPS) is 51.4. The van der Waals surface area contributed by atoms with Crippen molar-refractivity contribution < 1.29 is 40.2 Å². The lowest BCUT2D eigenvalue weighted by Gasteiger charge is -2.72. The number of rotatable bonds is 7. The Morgan fingerprint density at radius 2 is 1.88 bits per heavy atom. The molecule has 1 saturated heterocycles. The van der Waals surface area contributed by atoms with E-state index in [-0.39, 0.29) is 55.5 Å². The highest BCUT2D eigenvalue weighted by atomic mass is 16.5. The number of dihydropyridines is 1. The second-order valence-corrected chi connectivity index (χ2v) is 18.9. The number of carbonyl (C=O) groups is 1. The summed E-state index contributed by atoms with van der Waals surface area (Å²) in [5.41, 5.74) is 1.97. The van der Waals surface area contributed by atoms with Gasteiger partial charge in [-0.2, -0.15) is 0 Å². The van der Waals surface area contributed by atoms with Crippen molar-refractivity contribution in [2.24, 2.45) is 57.0 Å². The molecule has 5 fully saturated rings. The molecule has 52 heavy (non-hydrogen) atoms. The first-order chi connectivity index (χ1) is 24.4. The molecule has 4 saturated carbocycles. The second-order valence-electron chi connectivity index (χ2n) is 18.9. The van der Waals surface area contributed by atoms with E-state index in [9.17, 15) is 30.6 Å². The minimum Gasteiger partial charge on any atom is -0.392 e. The molecular weight excluding hydrogens is 662 g/mol. The molecule has 0 aromatic rings. The number of aliphatic hydroxyl groups excluding tert-OH is 4. The van der Waals surface area contributed by atoms with E-state index in [1.165, 1.54) is 0 Å². The van der Waals surface area contributed by atoms with E-state index < -0.39 is 75.2 Å². The second kappa shape index (κ2) is 12.0. The van der Waals surface area contributed by atoms with Crippen molar-refractivity contribution in [3.05, 3.63) is 47.3 Å². The Balaban J connectivity index is 1.34. The molecule has 2 bridgehead atoms. The Morgan fingerprint density at radius 1 is 1.13 bits per heavy atom. The Labute approximate surface area is 307 Å². The molecule has 0 aromatic carbocycles. The molecule has 7 aliphatic carbocycles. The van der Waals surface area contributed by atoms with E-state index in [0.29, 0.717) is 43.6 Å². The fourth-order valence-electron chi connectivity index (χ4n) is 13.6. The van der Waals surface area contributed by atoms with Gasteiger partial charge in [0.25, 0.3) is 0 Å². The standard InChI is InChI=1S/C41H61N3O8/c1-21-19-52-33(23(21)3)35(49)37(5,50)29-9-11-41(51)34-31(44-17-22(2)45)32(48)26-14-27(46)28(47)16-39(26)20-38(25-6-7-30(42)43-18-25)10-8-24(15-36(29,41)4)40(34,39)13-12-38/h6-8,10,18,21-24,26-30,33,35,43-47,49-51H,9,11-17,19-20,42H2,1-5H3. The Hall–Kier alpha value is -2.09. The van der Waals surface area contributed by atoms with Crippen molar-refractivity contribution in [2.75, 3.05) is 13.2 Å². The number of hydrogen-bond acceptors (Lipinski definition) is 11. The van der Waals surface area contributed by atoms with Crippen LogP contribution in [0.5, 0.6) is 0 Å². The van der Waals surface area contributed by atoms with Gasteiger partial charge in [0.05, 0.1) is 47.5 Å². The van der Waals surface area contributed by atoms with Crippen LogP contribution in [0.4, 0.5) is 0 Å². The first-order valence-electron chi connectivity index (χ1n) is 19.8. The lowest BCUT2D eigenvalue weighted by molar-refractivity contribution is -0.229. The molecular formula is C41H61N3O8. The van der Waals surface area contributed by atoms with E-state index in [4.69, 9.17) is 10.5 Å². The number of ketones is 1. The molecule has 11 nitrogen and oxygen atoms in total. The molecule has 2 aliphatic heterocycles. The summed E-state index contributed by atoms with van der Waals surface area (Å²) in [6.07, 6.45) is 9.06. The molecule has 0 amide bonds. The van der Waals surface area contributed by atoms with Crippen LogP contribution in [-0.2, 0) is 9.53 Å². The molecule has 10 N–H and O–H groups in total. The minimum absolute atomic E-state index is 0.0348. The Kier molecular flexibility index (Phi) is 8.47. The summed E-state index contributed by atoms with van der Waals surface area (Å²) in [5.74, 6) is -1.31. The van der Waals surface area contributed by atoms with Gasteiger partial charge >= 0.3 is 0 Å². The molecule has 2 heterocycles. The lowest BCUT2D eigenvalue weighted by atomic mass is 9.31. The van der Waals surface area contributed by atoms with Gasteiger partial charge in [-0.3, -0.25) is 4.79 Å². The highest BCUT2D eigenvalue weighted by Gasteiger charge is 2.80. The van der Waals surface area contributed by atoms with Crippen molar-refractivity contribution in [3.63, 3.8) is 0 Å². The third-order valence-electron chi connectivity index (χ3n) is 16.4. The summed E-state index contributed by atoms with van der Waals surface area (Å²) in [7, 11) is 0. The molecule has 2 spiro atoms. The van der Waals surface area contributed by atoms with E-state index in [0.717, 1.165) is 12.0 Å². The van der Waals surface area contributed by atoms with Crippen LogP contribution >= 0.6 is 0 Å². The predicted octanol–water partition coefficient (Wildman–Crippen LogP) is 1.92. The fourth-order valence-corrected chi connectivity index (χ4v) is 13.6. The van der Waals surface area contributed by atoms with Crippen LogP contribution < -0.4 is 16.4 Å². The monoisotopic (exact) mass is 723 g/mol. The lowest BCUT2D eigenvalue weighted by Crippen LogP contribution is -2.73. The molecule has 0 aromatic heterocycles. The molecule has 0 radical (unpaired) electrons. The molecule has 11 heteroatoms. The predicted molar refractivity (Wildman–Crippen MR) is 194 cm³/mol. The summed E-state index contributed by atoms with van der Waals surface area (Å²) in [6, 6.07) is 0. The Bertz CT molecular complexity index is 1620. The number of ether oxygens (including phenoxy) is 1. The average molecular weight is 724 g/mol. The van der Waals surface area contributed by atoms with Crippen LogP contribution in [0.3, 0.4) is 0 Å². The smallest absolute Gasteiger partial charge is 0.182 e. The number of aliphatic hydroxyl groups is 6.